The summed E-state index contributed by atoms with van der Waals surface area (Å²) < 4.78 is 5.22. The van der Waals surface area contributed by atoms with Crippen molar-refractivity contribution in [3.8, 4) is 5.75 Å². The third-order valence-corrected chi connectivity index (χ3v) is 5.91. The number of fused-ring (bicyclic) bond motifs is 3. The van der Waals surface area contributed by atoms with Crippen LogP contribution in [-0.2, 0) is 12.8 Å². The summed E-state index contributed by atoms with van der Waals surface area (Å²) in [6.07, 6.45) is 5.19. The number of methoxy groups -OCH3 is 1. The highest BCUT2D eigenvalue weighted by molar-refractivity contribution is 5.87. The van der Waals surface area contributed by atoms with E-state index < -0.39 is 0 Å². The Labute approximate surface area is 170 Å². The minimum absolute atomic E-state index is 0.155. The number of nitro benzene ring substituents is 1. The Kier molecular flexibility index (Phi) is 5.53. The van der Waals surface area contributed by atoms with E-state index in [0.717, 1.165) is 48.8 Å². The molecule has 2 N–H and O–H groups in total. The van der Waals surface area contributed by atoms with Gasteiger partial charge in [-0.05, 0) is 68.4 Å². The van der Waals surface area contributed by atoms with Gasteiger partial charge in [0, 0.05) is 40.8 Å². The van der Waals surface area contributed by atoms with Gasteiger partial charge in [-0.3, -0.25) is 10.1 Å². The van der Waals surface area contributed by atoms with E-state index in [1.54, 1.807) is 19.2 Å². The van der Waals surface area contributed by atoms with Crippen LogP contribution in [0.15, 0.2) is 42.5 Å². The summed E-state index contributed by atoms with van der Waals surface area (Å²) >= 11 is 0. The largest absolute Gasteiger partial charge is 0.497 e. The second kappa shape index (κ2) is 8.25. The summed E-state index contributed by atoms with van der Waals surface area (Å²) in [5.41, 5.74) is 4.88. The van der Waals surface area contributed by atoms with Crippen LogP contribution in [-0.4, -0.2) is 23.1 Å². The lowest BCUT2D eigenvalue weighted by Gasteiger charge is -2.27. The van der Waals surface area contributed by atoms with Gasteiger partial charge in [-0.2, -0.15) is 0 Å². The third-order valence-electron chi connectivity index (χ3n) is 5.91. The molecule has 2 aromatic carbocycles. The molecule has 0 bridgehead atoms. The van der Waals surface area contributed by atoms with E-state index in [1.807, 2.05) is 18.2 Å². The van der Waals surface area contributed by atoms with Crippen LogP contribution in [0.2, 0.25) is 0 Å². The van der Waals surface area contributed by atoms with Gasteiger partial charge in [0.15, 0.2) is 0 Å². The average Bonchev–Trinajstić information content (AvgIpc) is 3.11. The van der Waals surface area contributed by atoms with Crippen LogP contribution >= 0.6 is 0 Å². The standard InChI is InChI=1S/C23H27N3O3/c1-15(6-7-16-8-11-18(29-2)12-9-16)24-22-5-3-4-19-20-14-17(26(27)28)10-13-21(20)25-23(19)22/h8-15,22,24-25H,3-7H2,1-2H3/t15-,22-/m1/s1. The Balaban J connectivity index is 1.46. The molecule has 0 aliphatic heterocycles. The zero-order valence-electron chi connectivity index (χ0n) is 16.9. The fraction of sp³-hybridized carbons (Fsp3) is 0.391. The Hall–Kier alpha value is -2.86. The van der Waals surface area contributed by atoms with Crippen molar-refractivity contribution in [1.29, 1.82) is 0 Å². The monoisotopic (exact) mass is 393 g/mol. The summed E-state index contributed by atoms with van der Waals surface area (Å²) in [7, 11) is 1.68. The summed E-state index contributed by atoms with van der Waals surface area (Å²) in [6, 6.07) is 14.0. The summed E-state index contributed by atoms with van der Waals surface area (Å²) in [5, 5.41) is 15.9. The van der Waals surface area contributed by atoms with Crippen LogP contribution in [0.4, 0.5) is 5.69 Å². The molecule has 152 valence electrons. The Morgan fingerprint density at radius 2 is 2.07 bits per heavy atom. The lowest BCUT2D eigenvalue weighted by atomic mass is 9.91. The van der Waals surface area contributed by atoms with Gasteiger partial charge in [0.25, 0.3) is 5.69 Å². The average molecular weight is 393 g/mol. The van der Waals surface area contributed by atoms with E-state index in [2.05, 4.69) is 29.4 Å². The number of aromatic amines is 1. The third kappa shape index (κ3) is 4.12. The van der Waals surface area contributed by atoms with Crippen molar-refractivity contribution < 1.29 is 9.66 Å². The fourth-order valence-corrected chi connectivity index (χ4v) is 4.33. The molecule has 0 spiro atoms. The lowest BCUT2D eigenvalue weighted by molar-refractivity contribution is -0.384. The van der Waals surface area contributed by atoms with Crippen LogP contribution in [0, 0.1) is 10.1 Å². The molecule has 6 nitrogen and oxygen atoms in total. The summed E-state index contributed by atoms with van der Waals surface area (Å²) in [6.45, 7) is 2.23. The first-order valence-electron chi connectivity index (χ1n) is 10.2. The van der Waals surface area contributed by atoms with E-state index in [1.165, 1.54) is 16.8 Å². The van der Waals surface area contributed by atoms with E-state index in [4.69, 9.17) is 4.74 Å². The smallest absolute Gasteiger partial charge is 0.270 e. The second-order valence-electron chi connectivity index (χ2n) is 7.90. The maximum atomic E-state index is 11.1. The predicted molar refractivity (Wildman–Crippen MR) is 115 cm³/mol. The summed E-state index contributed by atoms with van der Waals surface area (Å²) in [4.78, 5) is 14.3. The molecule has 0 radical (unpaired) electrons. The lowest BCUT2D eigenvalue weighted by Crippen LogP contribution is -2.33. The van der Waals surface area contributed by atoms with Crippen molar-refractivity contribution >= 4 is 16.6 Å². The first-order valence-corrected chi connectivity index (χ1v) is 10.2. The molecule has 3 aromatic rings. The van der Waals surface area contributed by atoms with Crippen molar-refractivity contribution in [1.82, 2.24) is 10.3 Å². The number of ether oxygens (including phenoxy) is 1. The van der Waals surface area contributed by atoms with Crippen LogP contribution < -0.4 is 10.1 Å². The predicted octanol–water partition coefficient (Wildman–Crippen LogP) is 5.07. The van der Waals surface area contributed by atoms with E-state index in [-0.39, 0.29) is 16.7 Å². The Morgan fingerprint density at radius 1 is 1.28 bits per heavy atom. The number of H-pyrrole nitrogens is 1. The van der Waals surface area contributed by atoms with Crippen molar-refractivity contribution in [2.45, 2.75) is 51.1 Å². The van der Waals surface area contributed by atoms with Gasteiger partial charge in [0.2, 0.25) is 0 Å². The normalized spacial score (nSPS) is 17.1. The van der Waals surface area contributed by atoms with Gasteiger partial charge in [-0.1, -0.05) is 12.1 Å². The van der Waals surface area contributed by atoms with Gasteiger partial charge in [-0.15, -0.1) is 0 Å². The van der Waals surface area contributed by atoms with Gasteiger partial charge in [0.05, 0.1) is 12.0 Å². The van der Waals surface area contributed by atoms with Crippen molar-refractivity contribution in [3.63, 3.8) is 0 Å². The van der Waals surface area contributed by atoms with Gasteiger partial charge in [0.1, 0.15) is 5.75 Å². The fourth-order valence-electron chi connectivity index (χ4n) is 4.33. The first kappa shape index (κ1) is 19.5. The highest BCUT2D eigenvalue weighted by atomic mass is 16.6. The quantitative estimate of drug-likeness (QED) is 0.434. The minimum atomic E-state index is -0.321. The number of non-ortho nitro benzene ring substituents is 1. The van der Waals surface area contributed by atoms with Crippen molar-refractivity contribution in [2.75, 3.05) is 7.11 Å². The van der Waals surface area contributed by atoms with E-state index in [0.29, 0.717) is 6.04 Å². The number of aromatic nitrogens is 1. The number of hydrogen-bond acceptors (Lipinski definition) is 4. The molecule has 4 rings (SSSR count). The number of nitro groups is 1. The van der Waals surface area contributed by atoms with Crippen molar-refractivity contribution in [3.05, 3.63) is 69.4 Å². The molecule has 0 amide bonds. The number of benzene rings is 2. The Bertz CT molecular complexity index is 1010. The molecule has 1 heterocycles. The molecule has 0 saturated heterocycles. The molecule has 6 heteroatoms. The molecular formula is C23H27N3O3. The number of rotatable bonds is 7. The Morgan fingerprint density at radius 3 is 2.79 bits per heavy atom. The number of aryl methyl sites for hydroxylation is 2. The zero-order valence-corrected chi connectivity index (χ0v) is 16.9. The van der Waals surface area contributed by atoms with Crippen LogP contribution in [0.3, 0.4) is 0 Å². The highest BCUT2D eigenvalue weighted by Gasteiger charge is 2.26. The highest BCUT2D eigenvalue weighted by Crippen LogP contribution is 2.36. The molecular weight excluding hydrogens is 366 g/mol. The van der Waals surface area contributed by atoms with E-state index in [9.17, 15) is 10.1 Å². The SMILES string of the molecule is COc1ccc(CC[C@@H](C)N[C@@H]2CCCc3c2[nH]c2ccc([N+](=O)[O-])cc32)cc1. The molecule has 0 fully saturated rings. The molecule has 29 heavy (non-hydrogen) atoms. The van der Waals surface area contributed by atoms with Crippen LogP contribution in [0.5, 0.6) is 5.75 Å². The first-order chi connectivity index (χ1) is 14.0. The maximum Gasteiger partial charge on any atom is 0.270 e. The minimum Gasteiger partial charge on any atom is -0.497 e. The van der Waals surface area contributed by atoms with E-state index >= 15 is 0 Å². The number of nitrogens with zero attached hydrogens (tertiary/aromatic N) is 1. The topological polar surface area (TPSA) is 80.2 Å². The maximum absolute atomic E-state index is 11.1. The van der Waals surface area contributed by atoms with Crippen LogP contribution in [0.1, 0.15) is 49.0 Å². The molecule has 0 saturated carbocycles. The van der Waals surface area contributed by atoms with Crippen LogP contribution in [0.25, 0.3) is 10.9 Å². The molecule has 1 aliphatic rings. The second-order valence-corrected chi connectivity index (χ2v) is 7.90. The van der Waals surface area contributed by atoms with Gasteiger partial charge in [-0.25, -0.2) is 0 Å². The zero-order chi connectivity index (χ0) is 20.4. The van der Waals surface area contributed by atoms with Crippen molar-refractivity contribution in [2.24, 2.45) is 0 Å². The number of nitrogens with one attached hydrogen (secondary N) is 2. The van der Waals surface area contributed by atoms with Gasteiger partial charge >= 0.3 is 0 Å². The molecule has 1 aromatic heterocycles. The number of hydrogen-bond donors (Lipinski definition) is 2. The molecule has 0 unspecified atom stereocenters. The summed E-state index contributed by atoms with van der Waals surface area (Å²) in [5.74, 6) is 0.883. The van der Waals surface area contributed by atoms with Gasteiger partial charge < -0.3 is 15.0 Å². The molecule has 2 atom stereocenters. The molecule has 1 aliphatic carbocycles.